The van der Waals surface area contributed by atoms with E-state index in [2.05, 4.69) is 38.4 Å². The molecule has 0 saturated heterocycles. The number of carbonyl (C=O) groups excluding carboxylic acids is 1. The molecule has 156 valence electrons. The first-order valence-corrected chi connectivity index (χ1v) is 11.4. The van der Waals surface area contributed by atoms with Crippen molar-refractivity contribution < 1.29 is 9.18 Å². The summed E-state index contributed by atoms with van der Waals surface area (Å²) in [6, 6.07) is 10.2. The van der Waals surface area contributed by atoms with E-state index < -0.39 is 5.41 Å². The van der Waals surface area contributed by atoms with Gasteiger partial charge in [-0.15, -0.1) is 11.3 Å². The van der Waals surface area contributed by atoms with E-state index in [4.69, 9.17) is 0 Å². The van der Waals surface area contributed by atoms with E-state index >= 15 is 4.39 Å². The second-order valence-corrected chi connectivity index (χ2v) is 9.77. The molecule has 3 aromatic rings. The summed E-state index contributed by atoms with van der Waals surface area (Å²) < 4.78 is 16.8. The molecule has 2 unspecified atom stereocenters. The quantitative estimate of drug-likeness (QED) is 0.398. The van der Waals surface area contributed by atoms with Gasteiger partial charge in [0.2, 0.25) is 5.91 Å². The third kappa shape index (κ3) is 3.75. The first kappa shape index (κ1) is 21.0. The van der Waals surface area contributed by atoms with E-state index in [1.165, 1.54) is 23.4 Å². The van der Waals surface area contributed by atoms with Crippen LogP contribution in [0, 0.1) is 0 Å². The minimum Gasteiger partial charge on any atom is -0.333 e. The molecule has 0 N–H and O–H groups in total. The lowest BCUT2D eigenvalue weighted by Crippen LogP contribution is -2.37. The summed E-state index contributed by atoms with van der Waals surface area (Å²) in [5.74, 6) is -0.0642. The summed E-state index contributed by atoms with van der Waals surface area (Å²) in [5.41, 5.74) is 4.45. The molecule has 1 amide bonds. The molecule has 3 atom stereocenters. The summed E-state index contributed by atoms with van der Waals surface area (Å²) in [5, 5.41) is 4.93. The number of hydrogen-bond acceptors (Lipinski definition) is 3. The Morgan fingerprint density at radius 1 is 1.37 bits per heavy atom. The van der Waals surface area contributed by atoms with Crippen LogP contribution in [-0.2, 0) is 23.3 Å². The maximum absolute atomic E-state index is 15.0. The second kappa shape index (κ2) is 8.09. The zero-order chi connectivity index (χ0) is 21.5. The van der Waals surface area contributed by atoms with Crippen molar-refractivity contribution in [2.24, 2.45) is 0 Å². The average Bonchev–Trinajstić information content (AvgIpc) is 3.39. The van der Waals surface area contributed by atoms with Gasteiger partial charge in [0.25, 0.3) is 0 Å². The van der Waals surface area contributed by atoms with Crippen molar-refractivity contribution in [3.63, 3.8) is 0 Å². The monoisotopic (exact) mass is 441 g/mol. The molecule has 0 spiro atoms. The number of aromatic nitrogens is 2. The SMILES string of the molecule is C=CC(=O)N1Cc2sccc2[C@H](c2ccccc2-c2cn(CC)nc2C(C)(F)P)C1. The lowest BCUT2D eigenvalue weighted by molar-refractivity contribution is -0.127. The van der Waals surface area contributed by atoms with E-state index in [0.717, 1.165) is 16.7 Å². The van der Waals surface area contributed by atoms with E-state index in [0.29, 0.717) is 25.3 Å². The van der Waals surface area contributed by atoms with Gasteiger partial charge in [-0.25, -0.2) is 4.39 Å². The molecule has 1 aliphatic heterocycles. The Hall–Kier alpha value is -2.30. The fraction of sp³-hybridized carbons (Fsp3) is 0.304. The van der Waals surface area contributed by atoms with E-state index in [1.54, 1.807) is 16.0 Å². The normalized spacial score (nSPS) is 18.0. The minimum atomic E-state index is -1.65. The van der Waals surface area contributed by atoms with Crippen molar-refractivity contribution >= 4 is 26.5 Å². The number of aryl methyl sites for hydroxylation is 1. The Bertz CT molecular complexity index is 1100. The van der Waals surface area contributed by atoms with Gasteiger partial charge in [0, 0.05) is 35.6 Å². The van der Waals surface area contributed by atoms with Crippen LogP contribution in [0.25, 0.3) is 11.1 Å². The maximum atomic E-state index is 15.0. The van der Waals surface area contributed by atoms with Gasteiger partial charge in [0.15, 0.2) is 5.41 Å². The van der Waals surface area contributed by atoms with Crippen LogP contribution < -0.4 is 0 Å². The molecule has 0 aliphatic carbocycles. The highest BCUT2D eigenvalue weighted by molar-refractivity contribution is 7.18. The number of nitrogens with zero attached hydrogens (tertiary/aromatic N) is 3. The zero-order valence-corrected chi connectivity index (χ0v) is 19.1. The number of amides is 1. The summed E-state index contributed by atoms with van der Waals surface area (Å²) in [6.07, 6.45) is 3.29. The lowest BCUT2D eigenvalue weighted by atomic mass is 9.83. The van der Waals surface area contributed by atoms with E-state index in [1.807, 2.05) is 36.2 Å². The van der Waals surface area contributed by atoms with Crippen LogP contribution in [-0.4, -0.2) is 27.1 Å². The molecule has 0 bridgehead atoms. The van der Waals surface area contributed by atoms with Crippen LogP contribution in [0.5, 0.6) is 0 Å². The molecule has 1 aromatic carbocycles. The highest BCUT2D eigenvalue weighted by Gasteiger charge is 2.33. The van der Waals surface area contributed by atoms with Crippen molar-refractivity contribution in [2.75, 3.05) is 6.54 Å². The molecule has 2 aromatic heterocycles. The Balaban J connectivity index is 1.87. The number of alkyl halides is 1. The Morgan fingerprint density at radius 2 is 2.13 bits per heavy atom. The van der Waals surface area contributed by atoms with Gasteiger partial charge in [-0.05, 0) is 48.1 Å². The standard InChI is InChI=1S/C23H25FN3OPS/c1-4-21(28)26-12-18(17-10-11-30-20(17)14-26)15-8-6-7-9-16(15)19-13-27(5-2)25-22(19)23(3,24)29/h4,6-11,13,18H,1,5,12,14,29H2,2-3H3/t18-,23?/m0/s1. The molecule has 0 saturated carbocycles. The number of thiophene rings is 1. The van der Waals surface area contributed by atoms with Crippen molar-refractivity contribution in [3.05, 3.63) is 76.3 Å². The predicted molar refractivity (Wildman–Crippen MR) is 123 cm³/mol. The molecule has 30 heavy (non-hydrogen) atoms. The zero-order valence-electron chi connectivity index (χ0n) is 17.1. The number of fused-ring (bicyclic) bond motifs is 1. The third-order valence-corrected chi connectivity index (χ3v) is 6.75. The van der Waals surface area contributed by atoms with Crippen molar-refractivity contribution in [2.45, 2.75) is 38.3 Å². The van der Waals surface area contributed by atoms with E-state index in [-0.39, 0.29) is 11.8 Å². The topological polar surface area (TPSA) is 38.1 Å². The molecular weight excluding hydrogens is 416 g/mol. The Labute approximate surface area is 182 Å². The van der Waals surface area contributed by atoms with Crippen molar-refractivity contribution in [1.29, 1.82) is 0 Å². The minimum absolute atomic E-state index is 0.00769. The Kier molecular flexibility index (Phi) is 5.65. The molecular formula is C23H25FN3OPS. The number of halogens is 1. The molecule has 0 radical (unpaired) electrons. The highest BCUT2D eigenvalue weighted by atomic mass is 32.1. The highest BCUT2D eigenvalue weighted by Crippen LogP contribution is 2.44. The first-order chi connectivity index (χ1) is 14.3. The summed E-state index contributed by atoms with van der Waals surface area (Å²) >= 11 is 1.66. The van der Waals surface area contributed by atoms with Crippen LogP contribution >= 0.6 is 20.6 Å². The lowest BCUT2D eigenvalue weighted by Gasteiger charge is -2.33. The maximum Gasteiger partial charge on any atom is 0.246 e. The molecule has 4 nitrogen and oxygen atoms in total. The molecule has 1 aliphatic rings. The number of hydrogen-bond donors (Lipinski definition) is 0. The van der Waals surface area contributed by atoms with Crippen LogP contribution in [0.1, 0.15) is 41.5 Å². The molecule has 7 heteroatoms. The summed E-state index contributed by atoms with van der Waals surface area (Å²) in [6.45, 7) is 8.98. The van der Waals surface area contributed by atoms with Gasteiger partial charge < -0.3 is 4.90 Å². The van der Waals surface area contributed by atoms with Gasteiger partial charge >= 0.3 is 0 Å². The van der Waals surface area contributed by atoms with Crippen molar-refractivity contribution in [3.8, 4) is 11.1 Å². The molecule has 0 fully saturated rings. The summed E-state index contributed by atoms with van der Waals surface area (Å²) in [4.78, 5) is 15.4. The average molecular weight is 442 g/mol. The van der Waals surface area contributed by atoms with Crippen molar-refractivity contribution in [1.82, 2.24) is 14.7 Å². The number of carbonyl (C=O) groups is 1. The summed E-state index contributed by atoms with van der Waals surface area (Å²) in [7, 11) is 2.26. The fourth-order valence-corrected chi connectivity index (χ4v) is 5.27. The van der Waals surface area contributed by atoms with Crippen LogP contribution in [0.15, 0.2) is 54.6 Å². The van der Waals surface area contributed by atoms with Crippen LogP contribution in [0.4, 0.5) is 4.39 Å². The van der Waals surface area contributed by atoms with Gasteiger partial charge in [-0.3, -0.25) is 9.48 Å². The third-order valence-electron chi connectivity index (χ3n) is 5.55. The fourth-order valence-electron chi connectivity index (χ4n) is 4.10. The predicted octanol–water partition coefficient (Wildman–Crippen LogP) is 5.31. The van der Waals surface area contributed by atoms with Crippen LogP contribution in [0.2, 0.25) is 0 Å². The Morgan fingerprint density at radius 3 is 2.83 bits per heavy atom. The van der Waals surface area contributed by atoms with Crippen LogP contribution in [0.3, 0.4) is 0 Å². The molecule has 3 heterocycles. The van der Waals surface area contributed by atoms with Gasteiger partial charge in [-0.2, -0.15) is 5.10 Å². The van der Waals surface area contributed by atoms with E-state index in [9.17, 15) is 4.79 Å². The smallest absolute Gasteiger partial charge is 0.246 e. The first-order valence-electron chi connectivity index (χ1n) is 9.96. The second-order valence-electron chi connectivity index (χ2n) is 7.68. The van der Waals surface area contributed by atoms with Gasteiger partial charge in [0.1, 0.15) is 5.69 Å². The molecule has 4 rings (SSSR count). The largest absolute Gasteiger partial charge is 0.333 e. The number of benzene rings is 1. The van der Waals surface area contributed by atoms with Gasteiger partial charge in [0.05, 0.1) is 6.54 Å². The van der Waals surface area contributed by atoms with Gasteiger partial charge in [-0.1, -0.05) is 40.1 Å². The number of rotatable bonds is 5.